The molecule has 1 aliphatic heterocycles. The molecule has 1 aliphatic rings. The van der Waals surface area contributed by atoms with Gasteiger partial charge in [-0.2, -0.15) is 0 Å². The van der Waals surface area contributed by atoms with E-state index in [2.05, 4.69) is 19.2 Å². The number of nitrogens with one attached hydrogen (secondary N) is 1. The molecule has 1 N–H and O–H groups in total. The Bertz CT molecular complexity index is 869. The maximum Gasteiger partial charge on any atom is 0.229 e. The van der Waals surface area contributed by atoms with Gasteiger partial charge in [0.2, 0.25) is 11.8 Å². The smallest absolute Gasteiger partial charge is 0.229 e. The number of amides is 2. The molecular formula is C21H22F2N2O2. The molecular weight excluding hydrogens is 350 g/mol. The second kappa shape index (κ2) is 7.86. The van der Waals surface area contributed by atoms with Crippen LogP contribution in [0.1, 0.15) is 38.2 Å². The first kappa shape index (κ1) is 19.0. The third-order valence-electron chi connectivity index (χ3n) is 5.06. The predicted octanol–water partition coefficient (Wildman–Crippen LogP) is 4.47. The molecule has 2 atom stereocenters. The van der Waals surface area contributed by atoms with Crippen LogP contribution in [0.15, 0.2) is 42.5 Å². The van der Waals surface area contributed by atoms with Crippen LogP contribution in [-0.2, 0) is 9.59 Å². The summed E-state index contributed by atoms with van der Waals surface area (Å²) in [5.41, 5.74) is 1.80. The lowest BCUT2D eigenvalue weighted by Crippen LogP contribution is -2.29. The Kier molecular flexibility index (Phi) is 5.54. The minimum Gasteiger partial charge on any atom is -0.323 e. The molecule has 1 saturated heterocycles. The zero-order valence-corrected chi connectivity index (χ0v) is 15.3. The van der Waals surface area contributed by atoms with Crippen LogP contribution in [-0.4, -0.2) is 18.4 Å². The van der Waals surface area contributed by atoms with Crippen molar-refractivity contribution in [2.45, 2.75) is 32.6 Å². The van der Waals surface area contributed by atoms with Gasteiger partial charge in [-0.25, -0.2) is 8.78 Å². The van der Waals surface area contributed by atoms with E-state index in [0.29, 0.717) is 6.07 Å². The predicted molar refractivity (Wildman–Crippen MR) is 101 cm³/mol. The molecule has 1 heterocycles. The van der Waals surface area contributed by atoms with Crippen molar-refractivity contribution in [3.63, 3.8) is 0 Å². The van der Waals surface area contributed by atoms with Gasteiger partial charge in [-0.1, -0.05) is 32.0 Å². The van der Waals surface area contributed by atoms with Crippen LogP contribution in [0.2, 0.25) is 0 Å². The molecule has 0 aliphatic carbocycles. The quantitative estimate of drug-likeness (QED) is 0.842. The number of hydrogen-bond donors (Lipinski definition) is 1. The average Bonchev–Trinajstić information content (AvgIpc) is 3.05. The third kappa shape index (κ3) is 3.99. The first-order valence-corrected chi connectivity index (χ1v) is 9.06. The zero-order chi connectivity index (χ0) is 19.6. The van der Waals surface area contributed by atoms with E-state index in [1.807, 2.05) is 24.3 Å². The van der Waals surface area contributed by atoms with Crippen molar-refractivity contribution in [3.05, 3.63) is 59.7 Å². The summed E-state index contributed by atoms with van der Waals surface area (Å²) in [5, 5.41) is 2.46. The molecule has 27 heavy (non-hydrogen) atoms. The summed E-state index contributed by atoms with van der Waals surface area (Å²) >= 11 is 0. The minimum absolute atomic E-state index is 0.0590. The average molecular weight is 372 g/mol. The second-order valence-electron chi connectivity index (χ2n) is 6.89. The Balaban J connectivity index is 1.77. The van der Waals surface area contributed by atoms with Crippen molar-refractivity contribution in [1.29, 1.82) is 0 Å². The highest BCUT2D eigenvalue weighted by Crippen LogP contribution is 2.33. The van der Waals surface area contributed by atoms with Gasteiger partial charge < -0.3 is 10.2 Å². The lowest BCUT2D eigenvalue weighted by Gasteiger charge is -2.23. The molecule has 0 saturated carbocycles. The fraction of sp³-hybridized carbons (Fsp3) is 0.333. The highest BCUT2D eigenvalue weighted by Gasteiger charge is 2.36. The fourth-order valence-corrected chi connectivity index (χ4v) is 3.31. The van der Waals surface area contributed by atoms with E-state index in [1.54, 1.807) is 4.90 Å². The van der Waals surface area contributed by atoms with Gasteiger partial charge in [-0.05, 0) is 36.1 Å². The summed E-state index contributed by atoms with van der Waals surface area (Å²) in [7, 11) is 0. The molecule has 3 rings (SSSR count). The lowest BCUT2D eigenvalue weighted by molar-refractivity contribution is -0.122. The molecule has 142 valence electrons. The van der Waals surface area contributed by atoms with Gasteiger partial charge in [0, 0.05) is 24.7 Å². The number of hydrogen-bond acceptors (Lipinski definition) is 2. The molecule has 2 amide bonds. The lowest BCUT2D eigenvalue weighted by atomic mass is 9.96. The Morgan fingerprint density at radius 1 is 1.26 bits per heavy atom. The van der Waals surface area contributed by atoms with Gasteiger partial charge >= 0.3 is 0 Å². The van der Waals surface area contributed by atoms with E-state index in [1.165, 1.54) is 6.07 Å². The van der Waals surface area contributed by atoms with Crippen LogP contribution in [0.3, 0.4) is 0 Å². The number of halogens is 2. The Labute approximate surface area is 157 Å². The van der Waals surface area contributed by atoms with E-state index in [-0.39, 0.29) is 30.5 Å². The van der Waals surface area contributed by atoms with Crippen molar-refractivity contribution in [2.24, 2.45) is 5.92 Å². The van der Waals surface area contributed by atoms with Crippen LogP contribution in [0, 0.1) is 17.6 Å². The normalized spacial score (nSPS) is 17.9. The third-order valence-corrected chi connectivity index (χ3v) is 5.06. The highest BCUT2D eigenvalue weighted by molar-refractivity contribution is 6.03. The molecule has 2 unspecified atom stereocenters. The van der Waals surface area contributed by atoms with Gasteiger partial charge in [-0.3, -0.25) is 9.59 Å². The summed E-state index contributed by atoms with van der Waals surface area (Å²) in [4.78, 5) is 26.7. The van der Waals surface area contributed by atoms with Gasteiger partial charge in [0.15, 0.2) is 0 Å². The summed E-state index contributed by atoms with van der Waals surface area (Å²) in [6.45, 7) is 4.42. The summed E-state index contributed by atoms with van der Waals surface area (Å²) < 4.78 is 26.8. The molecule has 4 nitrogen and oxygen atoms in total. The van der Waals surface area contributed by atoms with Crippen molar-refractivity contribution < 1.29 is 18.4 Å². The first-order valence-electron chi connectivity index (χ1n) is 9.06. The number of para-hydroxylation sites is 1. The van der Waals surface area contributed by atoms with Crippen molar-refractivity contribution in [3.8, 4) is 0 Å². The Morgan fingerprint density at radius 3 is 2.70 bits per heavy atom. The van der Waals surface area contributed by atoms with Crippen LogP contribution in [0.5, 0.6) is 0 Å². The topological polar surface area (TPSA) is 49.4 Å². The standard InChI is InChI=1S/C21H22F2N2O2/c1-3-13(2)16-6-4-5-7-19(16)25-12-14(10-20(25)26)21(27)24-18-9-8-15(22)11-17(18)23/h4-9,11,13-14H,3,10,12H2,1-2H3,(H,24,27). The van der Waals surface area contributed by atoms with E-state index in [0.717, 1.165) is 23.7 Å². The molecule has 0 aromatic heterocycles. The van der Waals surface area contributed by atoms with E-state index >= 15 is 0 Å². The minimum atomic E-state index is -0.841. The molecule has 1 fully saturated rings. The first-order chi connectivity index (χ1) is 12.9. The number of anilines is 2. The molecule has 2 aromatic carbocycles. The fourth-order valence-electron chi connectivity index (χ4n) is 3.31. The Morgan fingerprint density at radius 2 is 2.00 bits per heavy atom. The number of benzene rings is 2. The van der Waals surface area contributed by atoms with Crippen LogP contribution in [0.4, 0.5) is 20.2 Å². The largest absolute Gasteiger partial charge is 0.323 e. The molecule has 2 aromatic rings. The summed E-state index contributed by atoms with van der Waals surface area (Å²) in [6.07, 6.45) is 0.996. The van der Waals surface area contributed by atoms with Crippen molar-refractivity contribution >= 4 is 23.2 Å². The van der Waals surface area contributed by atoms with Crippen molar-refractivity contribution in [2.75, 3.05) is 16.8 Å². The van der Waals surface area contributed by atoms with E-state index in [9.17, 15) is 18.4 Å². The van der Waals surface area contributed by atoms with Crippen LogP contribution in [0.25, 0.3) is 0 Å². The molecule has 0 radical (unpaired) electrons. The number of carbonyl (C=O) groups excluding carboxylic acids is 2. The zero-order valence-electron chi connectivity index (χ0n) is 15.3. The second-order valence-corrected chi connectivity index (χ2v) is 6.89. The molecule has 6 heteroatoms. The van der Waals surface area contributed by atoms with Gasteiger partial charge in [-0.15, -0.1) is 0 Å². The van der Waals surface area contributed by atoms with E-state index in [4.69, 9.17) is 0 Å². The number of nitrogens with zero attached hydrogens (tertiary/aromatic N) is 1. The maximum absolute atomic E-state index is 13.8. The number of rotatable bonds is 5. The van der Waals surface area contributed by atoms with Crippen LogP contribution < -0.4 is 10.2 Å². The number of carbonyl (C=O) groups is 2. The van der Waals surface area contributed by atoms with Gasteiger partial charge in [0.05, 0.1) is 11.6 Å². The SMILES string of the molecule is CCC(C)c1ccccc1N1CC(C(=O)Nc2ccc(F)cc2F)CC1=O. The molecule has 0 bridgehead atoms. The van der Waals surface area contributed by atoms with Gasteiger partial charge in [0.25, 0.3) is 0 Å². The van der Waals surface area contributed by atoms with Crippen LogP contribution >= 0.6 is 0 Å². The summed E-state index contributed by atoms with van der Waals surface area (Å²) in [6, 6.07) is 10.7. The monoisotopic (exact) mass is 372 g/mol. The highest BCUT2D eigenvalue weighted by atomic mass is 19.1. The maximum atomic E-state index is 13.8. The van der Waals surface area contributed by atoms with E-state index < -0.39 is 23.5 Å². The summed E-state index contributed by atoms with van der Waals surface area (Å²) in [5.74, 6) is -2.44. The Hall–Kier alpha value is -2.76. The van der Waals surface area contributed by atoms with Crippen molar-refractivity contribution in [1.82, 2.24) is 0 Å². The van der Waals surface area contributed by atoms with Gasteiger partial charge in [0.1, 0.15) is 11.6 Å². The molecule has 0 spiro atoms.